The predicted molar refractivity (Wildman–Crippen MR) is 103 cm³/mol. The van der Waals surface area contributed by atoms with E-state index < -0.39 is 34.7 Å². The van der Waals surface area contributed by atoms with Crippen LogP contribution in [0.5, 0.6) is 0 Å². The molecule has 0 amide bonds. The first kappa shape index (κ1) is 19.4. The van der Waals surface area contributed by atoms with Gasteiger partial charge in [-0.3, -0.25) is 9.59 Å². The summed E-state index contributed by atoms with van der Waals surface area (Å²) >= 11 is 0. The molecule has 7 atom stereocenters. The van der Waals surface area contributed by atoms with Gasteiger partial charge in [0.15, 0.2) is 12.1 Å². The second-order valence-corrected chi connectivity index (χ2v) is 10.3. The van der Waals surface area contributed by atoms with E-state index in [1.807, 2.05) is 13.0 Å². The Morgan fingerprint density at radius 1 is 1.03 bits per heavy atom. The maximum atomic E-state index is 12.9. The van der Waals surface area contributed by atoms with Crippen LogP contribution in [0, 0.1) is 22.7 Å². The molecule has 0 spiro atoms. The molecule has 0 aromatic rings. The third-order valence-electron chi connectivity index (χ3n) is 9.52. The van der Waals surface area contributed by atoms with Crippen LogP contribution in [0.1, 0.15) is 72.1 Å². The van der Waals surface area contributed by atoms with Crippen LogP contribution in [0.15, 0.2) is 11.6 Å². The molecule has 1 aliphatic heterocycles. The minimum Gasteiger partial charge on any atom is -0.475 e. The van der Waals surface area contributed by atoms with Gasteiger partial charge in [0, 0.05) is 11.8 Å². The van der Waals surface area contributed by atoms with E-state index in [2.05, 4.69) is 6.92 Å². The summed E-state index contributed by atoms with van der Waals surface area (Å²) < 4.78 is 12.7. The number of Topliss-reactive ketones (excluding diaryl/α,β-unsaturated/α-hetero) is 1. The van der Waals surface area contributed by atoms with Crippen LogP contribution >= 0.6 is 0 Å². The summed E-state index contributed by atoms with van der Waals surface area (Å²) in [6, 6.07) is 0. The Morgan fingerprint density at radius 2 is 1.79 bits per heavy atom. The van der Waals surface area contributed by atoms with Gasteiger partial charge in [-0.1, -0.05) is 19.4 Å². The number of carbonyl (C=O) groups is 3. The summed E-state index contributed by atoms with van der Waals surface area (Å²) in [5.41, 5.74) is -1.23. The van der Waals surface area contributed by atoms with Crippen molar-refractivity contribution >= 4 is 17.5 Å². The molecule has 6 nitrogen and oxygen atoms in total. The molecule has 1 unspecified atom stereocenters. The molecule has 158 valence electrons. The van der Waals surface area contributed by atoms with Crippen molar-refractivity contribution in [3.05, 3.63) is 11.6 Å². The first-order valence-corrected chi connectivity index (χ1v) is 11.0. The second kappa shape index (κ2) is 5.79. The molecular formula is C23H30O6. The van der Waals surface area contributed by atoms with Crippen LogP contribution < -0.4 is 0 Å². The van der Waals surface area contributed by atoms with Crippen LogP contribution in [0.2, 0.25) is 0 Å². The van der Waals surface area contributed by atoms with E-state index in [1.165, 1.54) is 5.57 Å². The third-order valence-corrected chi connectivity index (χ3v) is 9.52. The summed E-state index contributed by atoms with van der Waals surface area (Å²) in [7, 11) is 0. The zero-order valence-corrected chi connectivity index (χ0v) is 17.5. The van der Waals surface area contributed by atoms with Gasteiger partial charge in [0.1, 0.15) is 5.60 Å². The first-order chi connectivity index (χ1) is 13.6. The van der Waals surface area contributed by atoms with Gasteiger partial charge in [-0.2, -0.15) is 0 Å². The number of aliphatic carboxylic acids is 1. The van der Waals surface area contributed by atoms with Gasteiger partial charge in [-0.05, 0) is 75.2 Å². The minimum absolute atomic E-state index is 0.0140. The van der Waals surface area contributed by atoms with E-state index in [4.69, 9.17) is 9.47 Å². The zero-order valence-electron chi connectivity index (χ0n) is 17.5. The number of carboxylic acid groups (broad SMARTS) is 1. The molecule has 2 bridgehead atoms. The predicted octanol–water partition coefficient (Wildman–Crippen LogP) is 3.43. The molecule has 0 aromatic carbocycles. The minimum atomic E-state index is -1.41. The smallest absolute Gasteiger partial charge is 0.375 e. The lowest BCUT2D eigenvalue weighted by Crippen LogP contribution is -2.72. The highest BCUT2D eigenvalue weighted by Crippen LogP contribution is 2.73. The number of rotatable bonds is 2. The lowest BCUT2D eigenvalue weighted by atomic mass is 9.44. The van der Waals surface area contributed by atoms with Gasteiger partial charge in [0.2, 0.25) is 0 Å². The molecule has 4 fully saturated rings. The number of hydrogen-bond donors (Lipinski definition) is 1. The maximum absolute atomic E-state index is 12.9. The Kier molecular flexibility index (Phi) is 3.88. The van der Waals surface area contributed by atoms with Crippen LogP contribution in [0.3, 0.4) is 0 Å². The Labute approximate surface area is 171 Å². The highest BCUT2D eigenvalue weighted by Gasteiger charge is 2.78. The second-order valence-electron chi connectivity index (χ2n) is 10.3. The van der Waals surface area contributed by atoms with Crippen molar-refractivity contribution in [2.45, 2.75) is 89.6 Å². The van der Waals surface area contributed by atoms with Crippen molar-refractivity contribution in [1.29, 1.82) is 0 Å². The Balaban J connectivity index is 1.62. The van der Waals surface area contributed by atoms with Crippen LogP contribution in [-0.2, 0) is 23.9 Å². The number of carbonyl (C=O) groups excluding carboxylic acids is 2. The first-order valence-electron chi connectivity index (χ1n) is 11.0. The van der Waals surface area contributed by atoms with Crippen molar-refractivity contribution in [2.24, 2.45) is 22.7 Å². The topological polar surface area (TPSA) is 89.9 Å². The summed E-state index contributed by atoms with van der Waals surface area (Å²) in [6.45, 7) is 6.12. The van der Waals surface area contributed by atoms with Gasteiger partial charge in [0.25, 0.3) is 5.78 Å². The summed E-state index contributed by atoms with van der Waals surface area (Å²) in [5, 5.41) is 9.58. The number of hydrogen-bond acceptors (Lipinski definition) is 5. The molecule has 1 saturated heterocycles. The van der Waals surface area contributed by atoms with E-state index in [0.717, 1.165) is 25.7 Å². The van der Waals surface area contributed by atoms with Gasteiger partial charge in [-0.25, -0.2) is 4.79 Å². The summed E-state index contributed by atoms with van der Waals surface area (Å²) in [5.74, 6) is -1.38. The zero-order chi connectivity index (χ0) is 20.8. The standard InChI is InChI=1S/C23H30O6/c1-13-28-22-10-11-23(29-13,18(25)19(26)27)21(22,3)9-7-16-17(22)5-4-14-12-15(24)6-8-20(14,16)2/h12-13,16-17H,4-11H2,1-3H3,(H,26,27)/t13?,16-,17+,20-,21-,22+,23+/m0/s1. The van der Waals surface area contributed by atoms with Crippen LogP contribution in [0.4, 0.5) is 0 Å². The third kappa shape index (κ3) is 2.12. The molecule has 5 rings (SSSR count). The lowest BCUT2D eigenvalue weighted by Gasteiger charge is -2.66. The molecule has 4 aliphatic carbocycles. The molecule has 1 heterocycles. The molecule has 0 radical (unpaired) electrons. The Bertz CT molecular complexity index is 846. The average molecular weight is 402 g/mol. The molecule has 5 aliphatic rings. The molecule has 6 heteroatoms. The van der Waals surface area contributed by atoms with Crippen molar-refractivity contribution in [3.8, 4) is 0 Å². The van der Waals surface area contributed by atoms with Crippen LogP contribution in [-0.4, -0.2) is 40.1 Å². The van der Waals surface area contributed by atoms with E-state index in [0.29, 0.717) is 31.6 Å². The maximum Gasteiger partial charge on any atom is 0.375 e. The highest BCUT2D eigenvalue weighted by molar-refractivity contribution is 6.36. The Hall–Kier alpha value is -1.53. The summed E-state index contributed by atoms with van der Waals surface area (Å²) in [4.78, 5) is 36.7. The van der Waals surface area contributed by atoms with Crippen molar-refractivity contribution < 1.29 is 29.0 Å². The molecule has 3 saturated carbocycles. The lowest BCUT2D eigenvalue weighted by molar-refractivity contribution is -0.363. The average Bonchev–Trinajstić information content (AvgIpc) is 2.80. The van der Waals surface area contributed by atoms with Crippen LogP contribution in [0.25, 0.3) is 0 Å². The quantitative estimate of drug-likeness (QED) is 0.712. The number of ether oxygens (including phenoxy) is 2. The number of allylic oxidation sites excluding steroid dienone is 1. The largest absolute Gasteiger partial charge is 0.475 e. The monoisotopic (exact) mass is 402 g/mol. The fourth-order valence-electron chi connectivity index (χ4n) is 8.16. The van der Waals surface area contributed by atoms with Gasteiger partial charge >= 0.3 is 5.97 Å². The SMILES string of the molecule is CC1O[C@@]2(C(=O)C(=O)O)CC[C@@]3(O1)[C@@H]1CCC4=CC(=O)CC[C@]4(C)[C@H]1CC[C@]23C. The van der Waals surface area contributed by atoms with Crippen molar-refractivity contribution in [3.63, 3.8) is 0 Å². The summed E-state index contributed by atoms with van der Waals surface area (Å²) in [6.07, 6.45) is 7.20. The van der Waals surface area contributed by atoms with E-state index >= 15 is 0 Å². The van der Waals surface area contributed by atoms with E-state index in [9.17, 15) is 19.5 Å². The van der Waals surface area contributed by atoms with Gasteiger partial charge in [0.05, 0.1) is 5.60 Å². The number of carboxylic acids is 1. The molecule has 1 N–H and O–H groups in total. The number of fused-ring (bicyclic) bond motifs is 3. The fourth-order valence-corrected chi connectivity index (χ4v) is 8.16. The highest BCUT2D eigenvalue weighted by atomic mass is 16.7. The van der Waals surface area contributed by atoms with Gasteiger partial charge in [-0.15, -0.1) is 0 Å². The van der Waals surface area contributed by atoms with Crippen molar-refractivity contribution in [1.82, 2.24) is 0 Å². The van der Waals surface area contributed by atoms with E-state index in [-0.39, 0.29) is 17.1 Å². The van der Waals surface area contributed by atoms with Gasteiger partial charge < -0.3 is 14.6 Å². The normalized spacial score (nSPS) is 50.8. The number of ketones is 2. The van der Waals surface area contributed by atoms with Crippen molar-refractivity contribution in [2.75, 3.05) is 0 Å². The van der Waals surface area contributed by atoms with E-state index in [1.54, 1.807) is 6.92 Å². The Morgan fingerprint density at radius 3 is 2.52 bits per heavy atom. The fraction of sp³-hybridized carbons (Fsp3) is 0.783. The molecule has 29 heavy (non-hydrogen) atoms. The molecule has 0 aromatic heterocycles. The molecular weight excluding hydrogens is 372 g/mol.